The maximum absolute atomic E-state index is 12.3. The van der Waals surface area contributed by atoms with E-state index in [1.165, 1.54) is 0 Å². The highest BCUT2D eigenvalue weighted by Crippen LogP contribution is 2.22. The molecule has 0 radical (unpaired) electrons. The van der Waals surface area contributed by atoms with Crippen molar-refractivity contribution in [3.05, 3.63) is 41.9 Å². The summed E-state index contributed by atoms with van der Waals surface area (Å²) in [6, 6.07) is 7.54. The lowest BCUT2D eigenvalue weighted by Gasteiger charge is -2.07. The van der Waals surface area contributed by atoms with Crippen molar-refractivity contribution < 1.29 is 4.79 Å². The number of nitrogens with one attached hydrogen (secondary N) is 2. The normalized spacial score (nSPS) is 10.8. The Labute approximate surface area is 173 Å². The summed E-state index contributed by atoms with van der Waals surface area (Å²) in [5.41, 5.74) is 1.95. The van der Waals surface area contributed by atoms with Crippen LogP contribution in [0.2, 0.25) is 0 Å². The Morgan fingerprint density at radius 1 is 1.25 bits per heavy atom. The molecule has 3 rings (SSSR count). The molecular formula is C18H27N7OS2. The van der Waals surface area contributed by atoms with Gasteiger partial charge in [0.1, 0.15) is 5.69 Å². The molecule has 8 nitrogen and oxygen atoms in total. The van der Waals surface area contributed by atoms with E-state index < -0.39 is 0 Å². The molecule has 2 heterocycles. The van der Waals surface area contributed by atoms with Crippen molar-refractivity contribution in [1.82, 2.24) is 35.4 Å². The fraction of sp³-hybridized carbons (Fsp3) is 0.444. The van der Waals surface area contributed by atoms with E-state index >= 15 is 0 Å². The number of aromatic nitrogens is 5. The van der Waals surface area contributed by atoms with Crippen LogP contribution >= 0.6 is 21.6 Å². The van der Waals surface area contributed by atoms with Crippen LogP contribution in [0.5, 0.6) is 0 Å². The summed E-state index contributed by atoms with van der Waals surface area (Å²) >= 11 is 0. The van der Waals surface area contributed by atoms with Crippen molar-refractivity contribution in [2.45, 2.75) is 26.3 Å². The summed E-state index contributed by atoms with van der Waals surface area (Å²) in [5.74, 6) is 1.56. The number of fused-ring (bicyclic) bond motifs is 1. The van der Waals surface area contributed by atoms with Crippen molar-refractivity contribution in [1.29, 1.82) is 0 Å². The number of hydrogen-bond donors (Lipinski definition) is 2. The SMILES string of the molecule is CC.CN(C)CCSSCn1cc(CNC(=O)c2n[nH]c3ccccc23)nn1. The fourth-order valence-electron chi connectivity index (χ4n) is 2.24. The highest BCUT2D eigenvalue weighted by atomic mass is 33.1. The molecule has 2 aromatic heterocycles. The van der Waals surface area contributed by atoms with Crippen LogP contribution < -0.4 is 5.32 Å². The van der Waals surface area contributed by atoms with E-state index in [4.69, 9.17) is 0 Å². The predicted molar refractivity (Wildman–Crippen MR) is 117 cm³/mol. The lowest BCUT2D eigenvalue weighted by molar-refractivity contribution is 0.0947. The Balaban J connectivity index is 0.00000136. The van der Waals surface area contributed by atoms with Crippen molar-refractivity contribution in [2.24, 2.45) is 0 Å². The minimum absolute atomic E-state index is 0.231. The molecule has 0 unspecified atom stereocenters. The fourth-order valence-corrected chi connectivity index (χ4v) is 4.23. The third-order valence-electron chi connectivity index (χ3n) is 3.59. The molecule has 1 amide bonds. The molecule has 28 heavy (non-hydrogen) atoms. The van der Waals surface area contributed by atoms with E-state index in [0.29, 0.717) is 12.2 Å². The van der Waals surface area contributed by atoms with Gasteiger partial charge in [-0.05, 0) is 20.2 Å². The Hall–Kier alpha value is -2.04. The number of benzene rings is 1. The lowest BCUT2D eigenvalue weighted by Crippen LogP contribution is -2.23. The number of para-hydroxylation sites is 1. The first-order valence-corrected chi connectivity index (χ1v) is 11.6. The third kappa shape index (κ3) is 6.54. The molecule has 0 fully saturated rings. The van der Waals surface area contributed by atoms with Gasteiger partial charge in [0.25, 0.3) is 5.91 Å². The Morgan fingerprint density at radius 3 is 2.82 bits per heavy atom. The van der Waals surface area contributed by atoms with Crippen molar-refractivity contribution >= 4 is 38.4 Å². The molecular weight excluding hydrogens is 394 g/mol. The molecule has 152 valence electrons. The Bertz CT molecular complexity index is 862. The number of carbonyl (C=O) groups is 1. The van der Waals surface area contributed by atoms with Gasteiger partial charge in [-0.2, -0.15) is 5.10 Å². The van der Waals surface area contributed by atoms with Crippen LogP contribution in [0.15, 0.2) is 30.5 Å². The van der Waals surface area contributed by atoms with E-state index in [2.05, 4.69) is 44.8 Å². The number of carbonyl (C=O) groups excluding carboxylic acids is 1. The average Bonchev–Trinajstić information content (AvgIpc) is 3.34. The number of aromatic amines is 1. The first-order chi connectivity index (χ1) is 13.6. The Kier molecular flexibility index (Phi) is 9.32. The van der Waals surface area contributed by atoms with Crippen LogP contribution in [-0.4, -0.2) is 62.4 Å². The quantitative estimate of drug-likeness (QED) is 0.405. The molecule has 2 N–H and O–H groups in total. The first kappa shape index (κ1) is 22.3. The van der Waals surface area contributed by atoms with E-state index in [0.717, 1.165) is 34.8 Å². The molecule has 0 aliphatic heterocycles. The lowest BCUT2D eigenvalue weighted by atomic mass is 10.2. The van der Waals surface area contributed by atoms with Gasteiger partial charge < -0.3 is 10.2 Å². The standard InChI is InChI=1S/C16H21N7OS2.C2H6/c1-22(2)7-8-25-26-11-23-10-12(18-21-23)9-17-16(24)15-13-5-3-4-6-14(13)19-20-15;1-2/h3-6,10H,7-9,11H2,1-2H3,(H,17,24)(H,19,20);1-2H3. The molecule has 0 saturated carbocycles. The molecule has 0 saturated heterocycles. The van der Waals surface area contributed by atoms with Gasteiger partial charge >= 0.3 is 0 Å². The van der Waals surface area contributed by atoms with Crippen molar-refractivity contribution in [2.75, 3.05) is 26.4 Å². The van der Waals surface area contributed by atoms with Gasteiger partial charge in [0.2, 0.25) is 0 Å². The van der Waals surface area contributed by atoms with Crippen molar-refractivity contribution in [3.8, 4) is 0 Å². The number of H-pyrrole nitrogens is 1. The van der Waals surface area contributed by atoms with E-state index in [-0.39, 0.29) is 5.91 Å². The topological polar surface area (TPSA) is 91.7 Å². The van der Waals surface area contributed by atoms with Crippen LogP contribution in [0.25, 0.3) is 10.9 Å². The number of hydrogen-bond acceptors (Lipinski definition) is 7. The second-order valence-corrected chi connectivity index (χ2v) is 8.47. The van der Waals surface area contributed by atoms with Gasteiger partial charge in [0.05, 0.1) is 24.1 Å². The largest absolute Gasteiger partial charge is 0.345 e. The van der Waals surface area contributed by atoms with Crippen LogP contribution in [0.1, 0.15) is 30.0 Å². The van der Waals surface area contributed by atoms with Crippen LogP contribution in [0.3, 0.4) is 0 Å². The van der Waals surface area contributed by atoms with Gasteiger partial charge in [-0.1, -0.05) is 58.8 Å². The van der Waals surface area contributed by atoms with Crippen LogP contribution in [-0.2, 0) is 12.4 Å². The highest BCUT2D eigenvalue weighted by Gasteiger charge is 2.14. The predicted octanol–water partition coefficient (Wildman–Crippen LogP) is 3.01. The summed E-state index contributed by atoms with van der Waals surface area (Å²) in [4.78, 5) is 14.5. The summed E-state index contributed by atoms with van der Waals surface area (Å²) in [5, 5.41) is 18.8. The summed E-state index contributed by atoms with van der Waals surface area (Å²) in [6.07, 6.45) is 1.85. The zero-order valence-corrected chi connectivity index (χ0v) is 18.3. The number of nitrogens with zero attached hydrogens (tertiary/aromatic N) is 5. The van der Waals surface area contributed by atoms with E-state index in [9.17, 15) is 4.79 Å². The molecule has 1 aromatic carbocycles. The average molecular weight is 422 g/mol. The summed E-state index contributed by atoms with van der Waals surface area (Å²) in [7, 11) is 7.67. The molecule has 10 heteroatoms. The van der Waals surface area contributed by atoms with E-state index in [1.54, 1.807) is 15.5 Å². The molecule has 0 bridgehead atoms. The van der Waals surface area contributed by atoms with Gasteiger partial charge in [-0.3, -0.25) is 9.89 Å². The third-order valence-corrected chi connectivity index (χ3v) is 5.79. The molecule has 0 atom stereocenters. The smallest absolute Gasteiger partial charge is 0.272 e. The number of amides is 1. The molecule has 0 aliphatic carbocycles. The first-order valence-electron chi connectivity index (χ1n) is 9.13. The minimum Gasteiger partial charge on any atom is -0.345 e. The second-order valence-electron chi connectivity index (χ2n) is 5.92. The minimum atomic E-state index is -0.231. The maximum atomic E-state index is 12.3. The van der Waals surface area contributed by atoms with Gasteiger partial charge in [-0.25, -0.2) is 4.68 Å². The molecule has 3 aromatic rings. The maximum Gasteiger partial charge on any atom is 0.272 e. The van der Waals surface area contributed by atoms with Gasteiger partial charge in [-0.15, -0.1) is 5.10 Å². The zero-order chi connectivity index (χ0) is 20.4. The highest BCUT2D eigenvalue weighted by molar-refractivity contribution is 8.76. The van der Waals surface area contributed by atoms with E-state index in [1.807, 2.05) is 55.1 Å². The molecule has 0 aliphatic rings. The van der Waals surface area contributed by atoms with Gasteiger partial charge in [0.15, 0.2) is 5.69 Å². The van der Waals surface area contributed by atoms with Crippen molar-refractivity contribution in [3.63, 3.8) is 0 Å². The number of rotatable bonds is 9. The second kappa shape index (κ2) is 11.7. The Morgan fingerprint density at radius 2 is 2.04 bits per heavy atom. The summed E-state index contributed by atoms with van der Waals surface area (Å²) < 4.78 is 1.78. The van der Waals surface area contributed by atoms with Crippen LogP contribution in [0, 0.1) is 0 Å². The monoisotopic (exact) mass is 421 g/mol. The zero-order valence-electron chi connectivity index (χ0n) is 16.7. The van der Waals surface area contributed by atoms with Gasteiger partial charge in [0, 0.05) is 17.7 Å². The van der Waals surface area contributed by atoms with Crippen LogP contribution in [0.4, 0.5) is 0 Å². The molecule has 0 spiro atoms. The summed E-state index contributed by atoms with van der Waals surface area (Å²) in [6.45, 7) is 5.37.